The van der Waals surface area contributed by atoms with Gasteiger partial charge in [0.15, 0.2) is 11.6 Å². The van der Waals surface area contributed by atoms with Crippen molar-refractivity contribution in [2.45, 2.75) is 0 Å². The summed E-state index contributed by atoms with van der Waals surface area (Å²) in [5, 5.41) is 30.6. The lowest BCUT2D eigenvalue weighted by molar-refractivity contribution is -0.386. The van der Waals surface area contributed by atoms with E-state index in [1.807, 2.05) is 0 Å². The summed E-state index contributed by atoms with van der Waals surface area (Å²) in [5.74, 6) is -3.03. The Morgan fingerprint density at radius 2 is 1.48 bits per heavy atom. The van der Waals surface area contributed by atoms with Gasteiger partial charge in [0.25, 0.3) is 0 Å². The molecule has 0 unspecified atom stereocenters. The Labute approximate surface area is 117 Å². The van der Waals surface area contributed by atoms with Crippen molar-refractivity contribution in [2.75, 3.05) is 0 Å². The van der Waals surface area contributed by atoms with Gasteiger partial charge in [0.1, 0.15) is 5.75 Å². The average Bonchev–Trinajstić information content (AvgIpc) is 2.46. The lowest BCUT2D eigenvalue weighted by Gasteiger charge is -2.18. The Balaban J connectivity index is 2.41. The standard InChI is InChI=1S/C14H7NO6/c16-9-5-8(15(20)21)14(19)11-10(9)12(17)6-3-1-2-4-7(6)13(11)18/h1-5,16,19H. The number of carbonyl (C=O) groups is 2. The van der Waals surface area contributed by atoms with Gasteiger partial charge in [-0.1, -0.05) is 24.3 Å². The number of carbonyl (C=O) groups excluding carboxylic acids is 2. The van der Waals surface area contributed by atoms with Crippen molar-refractivity contribution in [3.63, 3.8) is 0 Å². The van der Waals surface area contributed by atoms with Gasteiger partial charge in [-0.3, -0.25) is 19.7 Å². The van der Waals surface area contributed by atoms with Crippen molar-refractivity contribution in [1.82, 2.24) is 0 Å². The molecule has 0 spiro atoms. The number of nitro groups is 1. The lowest BCUT2D eigenvalue weighted by atomic mass is 9.83. The van der Waals surface area contributed by atoms with E-state index < -0.39 is 44.8 Å². The molecule has 3 rings (SSSR count). The van der Waals surface area contributed by atoms with E-state index in [1.54, 1.807) is 6.07 Å². The van der Waals surface area contributed by atoms with Crippen LogP contribution < -0.4 is 0 Å². The van der Waals surface area contributed by atoms with Gasteiger partial charge >= 0.3 is 5.69 Å². The first-order valence-electron chi connectivity index (χ1n) is 5.85. The first kappa shape index (κ1) is 12.8. The van der Waals surface area contributed by atoms with Crippen LogP contribution in [0, 0.1) is 10.1 Å². The molecular formula is C14H7NO6. The van der Waals surface area contributed by atoms with Gasteiger partial charge in [0.05, 0.1) is 22.1 Å². The van der Waals surface area contributed by atoms with Crippen LogP contribution in [0.3, 0.4) is 0 Å². The number of rotatable bonds is 1. The van der Waals surface area contributed by atoms with E-state index in [1.165, 1.54) is 18.2 Å². The van der Waals surface area contributed by atoms with Crippen molar-refractivity contribution >= 4 is 17.3 Å². The molecule has 7 heteroatoms. The van der Waals surface area contributed by atoms with Crippen LogP contribution in [0.15, 0.2) is 30.3 Å². The number of nitro benzene ring substituents is 1. The normalized spacial score (nSPS) is 12.8. The Kier molecular flexibility index (Phi) is 2.52. The Hall–Kier alpha value is -3.22. The van der Waals surface area contributed by atoms with Gasteiger partial charge < -0.3 is 10.2 Å². The maximum atomic E-state index is 12.4. The number of hydrogen-bond acceptors (Lipinski definition) is 6. The third-order valence-electron chi connectivity index (χ3n) is 3.33. The summed E-state index contributed by atoms with van der Waals surface area (Å²) in [4.78, 5) is 34.6. The number of hydrogen-bond donors (Lipinski definition) is 2. The van der Waals surface area contributed by atoms with Crippen molar-refractivity contribution in [3.8, 4) is 11.5 Å². The van der Waals surface area contributed by atoms with E-state index in [2.05, 4.69) is 0 Å². The highest BCUT2D eigenvalue weighted by molar-refractivity contribution is 6.30. The topological polar surface area (TPSA) is 118 Å². The molecule has 0 heterocycles. The van der Waals surface area contributed by atoms with Crippen molar-refractivity contribution < 1.29 is 24.7 Å². The molecule has 1 aliphatic carbocycles. The fourth-order valence-electron chi connectivity index (χ4n) is 2.38. The van der Waals surface area contributed by atoms with E-state index in [0.717, 1.165) is 0 Å². The maximum absolute atomic E-state index is 12.4. The van der Waals surface area contributed by atoms with Gasteiger partial charge in [-0.25, -0.2) is 0 Å². The number of phenolic OH excluding ortho intramolecular Hbond substituents is 2. The van der Waals surface area contributed by atoms with Crippen LogP contribution in [0.4, 0.5) is 5.69 Å². The van der Waals surface area contributed by atoms with Gasteiger partial charge in [0.2, 0.25) is 5.75 Å². The minimum atomic E-state index is -0.937. The van der Waals surface area contributed by atoms with Crippen LogP contribution in [0.5, 0.6) is 11.5 Å². The molecule has 104 valence electrons. The Bertz CT molecular complexity index is 840. The van der Waals surface area contributed by atoms with Gasteiger partial charge in [-0.15, -0.1) is 0 Å². The smallest absolute Gasteiger partial charge is 0.315 e. The molecule has 0 fully saturated rings. The van der Waals surface area contributed by atoms with Crippen molar-refractivity contribution in [1.29, 1.82) is 0 Å². The maximum Gasteiger partial charge on any atom is 0.315 e. The molecule has 2 N–H and O–H groups in total. The SMILES string of the molecule is O=C1c2ccccc2C(=O)c2c(O)c([N+](=O)[O-])cc(O)c21. The monoisotopic (exact) mass is 285 g/mol. The summed E-state index contributed by atoms with van der Waals surface area (Å²) in [5.41, 5.74) is -1.66. The molecule has 0 saturated heterocycles. The summed E-state index contributed by atoms with van der Waals surface area (Å²) in [6.07, 6.45) is 0. The zero-order chi connectivity index (χ0) is 15.3. The lowest BCUT2D eigenvalue weighted by Crippen LogP contribution is -2.21. The third kappa shape index (κ3) is 1.61. The van der Waals surface area contributed by atoms with E-state index in [0.29, 0.717) is 6.07 Å². The first-order chi connectivity index (χ1) is 9.93. The number of phenols is 2. The predicted octanol–water partition coefficient (Wildman–Crippen LogP) is 1.78. The van der Waals surface area contributed by atoms with E-state index in [4.69, 9.17) is 0 Å². The summed E-state index contributed by atoms with van der Waals surface area (Å²) >= 11 is 0. The third-order valence-corrected chi connectivity index (χ3v) is 3.33. The number of nitrogens with zero attached hydrogens (tertiary/aromatic N) is 1. The molecule has 2 aromatic carbocycles. The van der Waals surface area contributed by atoms with Crippen molar-refractivity contribution in [2.24, 2.45) is 0 Å². The molecule has 7 nitrogen and oxygen atoms in total. The molecule has 21 heavy (non-hydrogen) atoms. The molecule has 0 bridgehead atoms. The van der Waals surface area contributed by atoms with Crippen LogP contribution in [-0.2, 0) is 0 Å². The van der Waals surface area contributed by atoms with E-state index in [-0.39, 0.29) is 11.1 Å². The molecule has 0 amide bonds. The van der Waals surface area contributed by atoms with Gasteiger partial charge in [-0.05, 0) is 0 Å². The predicted molar refractivity (Wildman–Crippen MR) is 69.7 cm³/mol. The van der Waals surface area contributed by atoms with Crippen LogP contribution in [0.2, 0.25) is 0 Å². The minimum Gasteiger partial charge on any atom is -0.507 e. The zero-order valence-corrected chi connectivity index (χ0v) is 10.4. The van der Waals surface area contributed by atoms with Gasteiger partial charge in [-0.2, -0.15) is 0 Å². The molecule has 0 aliphatic heterocycles. The molecular weight excluding hydrogens is 278 g/mol. The molecule has 0 aromatic heterocycles. The molecule has 0 radical (unpaired) electrons. The second-order valence-corrected chi connectivity index (χ2v) is 4.47. The largest absolute Gasteiger partial charge is 0.507 e. The zero-order valence-electron chi connectivity index (χ0n) is 10.4. The summed E-state index contributed by atoms with van der Waals surface area (Å²) < 4.78 is 0. The molecule has 0 saturated carbocycles. The van der Waals surface area contributed by atoms with Crippen LogP contribution in [0.25, 0.3) is 0 Å². The summed E-state index contributed by atoms with van der Waals surface area (Å²) in [6, 6.07) is 6.54. The number of benzene rings is 2. The molecule has 1 aliphatic rings. The van der Waals surface area contributed by atoms with Crippen LogP contribution in [0.1, 0.15) is 31.8 Å². The number of ketones is 2. The van der Waals surface area contributed by atoms with Gasteiger partial charge in [0, 0.05) is 11.1 Å². The highest BCUT2D eigenvalue weighted by Crippen LogP contribution is 2.42. The number of fused-ring (bicyclic) bond motifs is 2. The second-order valence-electron chi connectivity index (χ2n) is 4.47. The number of aromatic hydroxyl groups is 2. The fourth-order valence-corrected chi connectivity index (χ4v) is 2.38. The second kappa shape index (κ2) is 4.14. The highest BCUT2D eigenvalue weighted by Gasteiger charge is 2.37. The average molecular weight is 285 g/mol. The summed E-state index contributed by atoms with van der Waals surface area (Å²) in [6.45, 7) is 0. The Morgan fingerprint density at radius 1 is 0.952 bits per heavy atom. The Morgan fingerprint density at radius 3 is 2.00 bits per heavy atom. The van der Waals surface area contributed by atoms with E-state index >= 15 is 0 Å². The molecule has 2 aromatic rings. The van der Waals surface area contributed by atoms with E-state index in [9.17, 15) is 29.9 Å². The van der Waals surface area contributed by atoms with Crippen molar-refractivity contribution in [3.05, 3.63) is 62.7 Å². The first-order valence-corrected chi connectivity index (χ1v) is 5.85. The highest BCUT2D eigenvalue weighted by atomic mass is 16.6. The molecule has 0 atom stereocenters. The van der Waals surface area contributed by atoms with Crippen LogP contribution in [-0.4, -0.2) is 26.7 Å². The fraction of sp³-hybridized carbons (Fsp3) is 0. The van der Waals surface area contributed by atoms with Crippen LogP contribution >= 0.6 is 0 Å². The quantitative estimate of drug-likeness (QED) is 0.399. The summed E-state index contributed by atoms with van der Waals surface area (Å²) in [7, 11) is 0. The minimum absolute atomic E-state index is 0.0326.